The number of alkyl halides is 1. The first-order valence-corrected chi connectivity index (χ1v) is 9.45. The molecule has 0 amide bonds. The van der Waals surface area contributed by atoms with E-state index in [2.05, 4.69) is 15.9 Å². The number of rotatable bonds is 6. The summed E-state index contributed by atoms with van der Waals surface area (Å²) in [6, 6.07) is 1.88. The van der Waals surface area contributed by atoms with Crippen LogP contribution in [0.15, 0.2) is 14.7 Å². The summed E-state index contributed by atoms with van der Waals surface area (Å²) in [4.78, 5) is 1.23. The third-order valence-electron chi connectivity index (χ3n) is 2.82. The quantitative estimate of drug-likeness (QED) is 0.712. The lowest BCUT2D eigenvalue weighted by Crippen LogP contribution is -2.33. The molecule has 0 aliphatic heterocycles. The highest BCUT2D eigenvalue weighted by Gasteiger charge is 2.38. The maximum atomic E-state index is 12.6. The minimum atomic E-state index is -3.38. The average Bonchev–Trinajstić information content (AvgIpc) is 3.08. The molecule has 3 nitrogen and oxygen atoms in total. The van der Waals surface area contributed by atoms with Crippen molar-refractivity contribution in [1.82, 2.24) is 4.31 Å². The van der Waals surface area contributed by atoms with Crippen LogP contribution in [-0.4, -0.2) is 25.3 Å². The van der Waals surface area contributed by atoms with Gasteiger partial charge in [0.05, 0.1) is 9.67 Å². The summed E-state index contributed by atoms with van der Waals surface area (Å²) in [5, 5.41) is 0. The predicted molar refractivity (Wildman–Crippen MR) is 78.8 cm³/mol. The van der Waals surface area contributed by atoms with E-state index in [1.165, 1.54) is 11.3 Å². The van der Waals surface area contributed by atoms with Crippen LogP contribution < -0.4 is 0 Å². The fourth-order valence-electron chi connectivity index (χ4n) is 1.85. The lowest BCUT2D eigenvalue weighted by atomic mass is 10.5. The van der Waals surface area contributed by atoms with Gasteiger partial charge in [0, 0.05) is 17.5 Å². The number of hydrogen-bond acceptors (Lipinski definition) is 3. The molecule has 0 unspecified atom stereocenters. The molecule has 0 bridgehead atoms. The Morgan fingerprint density at radius 1 is 1.56 bits per heavy atom. The predicted octanol–water partition coefficient (Wildman–Crippen LogP) is 3.81. The van der Waals surface area contributed by atoms with E-state index in [-0.39, 0.29) is 6.04 Å². The number of nitrogens with zero attached hydrogens (tertiary/aromatic N) is 1. The number of sulfonamides is 1. The molecular weight excluding hydrogens is 358 g/mol. The molecule has 0 spiro atoms. The van der Waals surface area contributed by atoms with Crippen LogP contribution >= 0.6 is 38.9 Å². The summed E-state index contributed by atoms with van der Waals surface area (Å²) in [5.74, 6) is 0.343. The first-order chi connectivity index (χ1) is 8.50. The Bertz CT molecular complexity index is 525. The molecule has 0 aromatic carbocycles. The second kappa shape index (κ2) is 5.79. The Balaban J connectivity index is 2.35. The third-order valence-corrected chi connectivity index (χ3v) is 7.47. The maximum absolute atomic E-state index is 12.6. The smallest absolute Gasteiger partial charge is 0.207 e. The van der Waals surface area contributed by atoms with Crippen LogP contribution in [0.2, 0.25) is 0 Å². The normalized spacial score (nSPS) is 16.4. The highest BCUT2D eigenvalue weighted by molar-refractivity contribution is 9.11. The Morgan fingerprint density at radius 2 is 2.22 bits per heavy atom. The number of hydrogen-bond donors (Lipinski definition) is 0. The van der Waals surface area contributed by atoms with Gasteiger partial charge in [-0.3, -0.25) is 0 Å². The van der Waals surface area contributed by atoms with Crippen LogP contribution in [-0.2, 0) is 15.9 Å². The molecule has 1 aromatic rings. The van der Waals surface area contributed by atoms with Gasteiger partial charge in [-0.1, -0.05) is 6.92 Å². The number of halogens is 2. The Morgan fingerprint density at radius 3 is 2.67 bits per heavy atom. The summed E-state index contributed by atoms with van der Waals surface area (Å²) >= 11 is 10.5. The Hall–Kier alpha value is 0.380. The summed E-state index contributed by atoms with van der Waals surface area (Å²) in [6.07, 6.45) is 2.78. The summed E-state index contributed by atoms with van der Waals surface area (Å²) in [6.45, 7) is 2.59. The molecule has 1 aliphatic carbocycles. The fourth-order valence-corrected chi connectivity index (χ4v) is 6.35. The molecule has 2 rings (SSSR count). The second-order valence-electron chi connectivity index (χ2n) is 4.33. The topological polar surface area (TPSA) is 37.4 Å². The van der Waals surface area contributed by atoms with E-state index in [1.807, 2.05) is 6.92 Å². The molecule has 1 fully saturated rings. The van der Waals surface area contributed by atoms with Gasteiger partial charge >= 0.3 is 0 Å². The van der Waals surface area contributed by atoms with Crippen LogP contribution in [0.5, 0.6) is 0 Å². The van der Waals surface area contributed by atoms with E-state index < -0.39 is 10.0 Å². The van der Waals surface area contributed by atoms with Crippen molar-refractivity contribution in [2.24, 2.45) is 0 Å². The first-order valence-electron chi connectivity index (χ1n) is 5.86. The summed E-state index contributed by atoms with van der Waals surface area (Å²) in [7, 11) is -3.38. The second-order valence-corrected chi connectivity index (χ2v) is 8.91. The monoisotopic (exact) mass is 371 g/mol. The lowest BCUT2D eigenvalue weighted by Gasteiger charge is -2.20. The van der Waals surface area contributed by atoms with E-state index in [1.54, 1.807) is 10.4 Å². The van der Waals surface area contributed by atoms with Gasteiger partial charge in [0.25, 0.3) is 0 Å². The highest BCUT2D eigenvalue weighted by Crippen LogP contribution is 2.38. The SMILES string of the molecule is CCCN(C1CC1)S(=O)(=O)c1cc(CCl)sc1Br. The van der Waals surface area contributed by atoms with Crippen molar-refractivity contribution >= 4 is 48.9 Å². The fraction of sp³-hybridized carbons (Fsp3) is 0.636. The van der Waals surface area contributed by atoms with Crippen molar-refractivity contribution in [1.29, 1.82) is 0 Å². The molecule has 0 N–H and O–H groups in total. The molecule has 102 valence electrons. The molecule has 1 saturated carbocycles. The molecule has 1 heterocycles. The van der Waals surface area contributed by atoms with E-state index in [4.69, 9.17) is 11.6 Å². The molecule has 0 radical (unpaired) electrons. The van der Waals surface area contributed by atoms with E-state index >= 15 is 0 Å². The van der Waals surface area contributed by atoms with Gasteiger partial charge in [-0.05, 0) is 41.3 Å². The van der Waals surface area contributed by atoms with Gasteiger partial charge in [0.15, 0.2) is 0 Å². The zero-order chi connectivity index (χ0) is 13.3. The van der Waals surface area contributed by atoms with Crippen molar-refractivity contribution < 1.29 is 8.42 Å². The van der Waals surface area contributed by atoms with Gasteiger partial charge in [-0.25, -0.2) is 8.42 Å². The Labute approximate surface area is 125 Å². The molecule has 18 heavy (non-hydrogen) atoms. The minimum Gasteiger partial charge on any atom is -0.207 e. The van der Waals surface area contributed by atoms with Crippen LogP contribution in [0.25, 0.3) is 0 Å². The third kappa shape index (κ3) is 2.93. The van der Waals surface area contributed by atoms with Crippen molar-refractivity contribution in [3.8, 4) is 0 Å². The molecule has 1 aromatic heterocycles. The maximum Gasteiger partial charge on any atom is 0.245 e. The van der Waals surface area contributed by atoms with Crippen LogP contribution in [0.1, 0.15) is 31.1 Å². The first kappa shape index (κ1) is 14.8. The van der Waals surface area contributed by atoms with Gasteiger partial charge in [-0.2, -0.15) is 4.31 Å². The van der Waals surface area contributed by atoms with E-state index in [0.29, 0.717) is 21.1 Å². The van der Waals surface area contributed by atoms with Gasteiger partial charge in [-0.15, -0.1) is 22.9 Å². The standard InChI is InChI=1S/C11H15BrClNO2S2/c1-2-5-14(8-3-4-8)18(15,16)10-6-9(7-13)17-11(10)12/h6,8H,2-5,7H2,1H3. The molecule has 0 saturated heterocycles. The summed E-state index contributed by atoms with van der Waals surface area (Å²) in [5.41, 5.74) is 0. The Kier molecular flexibility index (Phi) is 4.75. The van der Waals surface area contributed by atoms with E-state index in [0.717, 1.165) is 24.1 Å². The molecular formula is C11H15BrClNO2S2. The van der Waals surface area contributed by atoms with Gasteiger partial charge in [0.2, 0.25) is 10.0 Å². The van der Waals surface area contributed by atoms with Gasteiger partial charge < -0.3 is 0 Å². The zero-order valence-corrected chi connectivity index (χ0v) is 14.0. The highest BCUT2D eigenvalue weighted by atomic mass is 79.9. The largest absolute Gasteiger partial charge is 0.245 e. The van der Waals surface area contributed by atoms with Crippen LogP contribution in [0, 0.1) is 0 Å². The van der Waals surface area contributed by atoms with Crippen molar-refractivity contribution in [3.05, 3.63) is 14.7 Å². The van der Waals surface area contributed by atoms with E-state index in [9.17, 15) is 8.42 Å². The molecule has 0 atom stereocenters. The summed E-state index contributed by atoms with van der Waals surface area (Å²) < 4.78 is 27.5. The van der Waals surface area contributed by atoms with Crippen molar-refractivity contribution in [2.45, 2.75) is 43.0 Å². The minimum absolute atomic E-state index is 0.196. The average molecular weight is 373 g/mol. The van der Waals surface area contributed by atoms with Crippen molar-refractivity contribution in [2.75, 3.05) is 6.54 Å². The molecule has 7 heteroatoms. The lowest BCUT2D eigenvalue weighted by molar-refractivity contribution is 0.403. The molecule has 1 aliphatic rings. The van der Waals surface area contributed by atoms with Crippen molar-refractivity contribution in [3.63, 3.8) is 0 Å². The van der Waals surface area contributed by atoms with Crippen LogP contribution in [0.3, 0.4) is 0 Å². The zero-order valence-electron chi connectivity index (χ0n) is 10.0. The number of thiophene rings is 1. The van der Waals surface area contributed by atoms with Crippen LogP contribution in [0.4, 0.5) is 0 Å². The van der Waals surface area contributed by atoms with Gasteiger partial charge in [0.1, 0.15) is 4.90 Å².